The summed E-state index contributed by atoms with van der Waals surface area (Å²) in [7, 11) is 0. The lowest BCUT2D eigenvalue weighted by Crippen LogP contribution is -2.12. The molecule has 7 heavy (non-hydrogen) atoms. The molecule has 0 saturated heterocycles. The molecule has 1 saturated carbocycles. The van der Waals surface area contributed by atoms with E-state index in [4.69, 9.17) is 5.11 Å². The van der Waals surface area contributed by atoms with Crippen LogP contribution in [0.2, 0.25) is 0 Å². The van der Waals surface area contributed by atoms with Crippen molar-refractivity contribution in [2.75, 3.05) is 0 Å². The highest BCUT2D eigenvalue weighted by atomic mass is 19.1. The highest BCUT2D eigenvalue weighted by Gasteiger charge is 2.23. The van der Waals surface area contributed by atoms with Gasteiger partial charge >= 0.3 is 0 Å². The van der Waals surface area contributed by atoms with Gasteiger partial charge in [0, 0.05) is 0 Å². The van der Waals surface area contributed by atoms with Crippen LogP contribution in [0.3, 0.4) is 0 Å². The molecule has 1 aliphatic rings. The lowest BCUT2D eigenvalue weighted by atomic mass is 10.3. The number of aliphatic hydroxyl groups is 1. The van der Waals surface area contributed by atoms with Crippen LogP contribution >= 0.6 is 0 Å². The maximum Gasteiger partial charge on any atom is 0.126 e. The van der Waals surface area contributed by atoms with Gasteiger partial charge in [0.05, 0.1) is 6.10 Å². The Morgan fingerprint density at radius 2 is 2.14 bits per heavy atom. The summed E-state index contributed by atoms with van der Waals surface area (Å²) >= 11 is 0. The summed E-state index contributed by atoms with van der Waals surface area (Å²) in [6.45, 7) is 0. The van der Waals surface area contributed by atoms with Gasteiger partial charge in [-0.2, -0.15) is 0 Å². The van der Waals surface area contributed by atoms with Crippen molar-refractivity contribution in [3.05, 3.63) is 0 Å². The first-order valence-electron chi connectivity index (χ1n) is 2.63. The molecule has 42 valence electrons. The Hall–Kier alpha value is -0.110. The summed E-state index contributed by atoms with van der Waals surface area (Å²) in [6, 6.07) is 0. The van der Waals surface area contributed by atoms with Crippen molar-refractivity contribution < 1.29 is 9.50 Å². The van der Waals surface area contributed by atoms with E-state index in [0.29, 0.717) is 12.8 Å². The van der Waals surface area contributed by atoms with Gasteiger partial charge in [-0.3, -0.25) is 0 Å². The fourth-order valence-electron chi connectivity index (χ4n) is 0.895. The second-order valence-electron chi connectivity index (χ2n) is 2.01. The van der Waals surface area contributed by atoms with Gasteiger partial charge in [0.1, 0.15) is 6.17 Å². The topological polar surface area (TPSA) is 20.2 Å². The number of aliphatic hydroxyl groups excluding tert-OH is 1. The van der Waals surface area contributed by atoms with Gasteiger partial charge in [-0.25, -0.2) is 4.39 Å². The summed E-state index contributed by atoms with van der Waals surface area (Å²) < 4.78 is 12.1. The van der Waals surface area contributed by atoms with Gasteiger partial charge in [-0.1, -0.05) is 0 Å². The van der Waals surface area contributed by atoms with Crippen LogP contribution in [0.1, 0.15) is 19.3 Å². The average molecular weight is 104 g/mol. The summed E-state index contributed by atoms with van der Waals surface area (Å²) in [5, 5.41) is 8.62. The van der Waals surface area contributed by atoms with Crippen LogP contribution in [0.5, 0.6) is 0 Å². The van der Waals surface area contributed by atoms with Crippen LogP contribution in [-0.4, -0.2) is 17.4 Å². The quantitative estimate of drug-likeness (QED) is 0.483. The van der Waals surface area contributed by atoms with Crippen LogP contribution in [0.4, 0.5) is 4.39 Å². The molecule has 0 radical (unpaired) electrons. The minimum atomic E-state index is -0.931. The smallest absolute Gasteiger partial charge is 0.126 e. The number of hydrogen-bond donors (Lipinski definition) is 1. The predicted molar refractivity (Wildman–Crippen MR) is 24.8 cm³/mol. The molecule has 1 rings (SSSR count). The van der Waals surface area contributed by atoms with E-state index in [2.05, 4.69) is 0 Å². The molecule has 0 amide bonds. The summed E-state index contributed by atoms with van der Waals surface area (Å²) in [5.74, 6) is 0. The summed E-state index contributed by atoms with van der Waals surface area (Å²) in [6.07, 6.45) is 0.477. The molecule has 0 heterocycles. The molecule has 1 fully saturated rings. The van der Waals surface area contributed by atoms with E-state index in [1.54, 1.807) is 0 Å². The molecular formula is C5H9FO. The van der Waals surface area contributed by atoms with Crippen LogP contribution in [0.25, 0.3) is 0 Å². The predicted octanol–water partition coefficient (Wildman–Crippen LogP) is 0.869. The second kappa shape index (κ2) is 1.78. The summed E-state index contributed by atoms with van der Waals surface area (Å²) in [4.78, 5) is 0. The van der Waals surface area contributed by atoms with Crippen molar-refractivity contribution in [3.8, 4) is 0 Å². The fraction of sp³-hybridized carbons (Fsp3) is 1.00. The van der Waals surface area contributed by atoms with Gasteiger partial charge in [-0.15, -0.1) is 0 Å². The van der Waals surface area contributed by atoms with E-state index in [1.807, 2.05) is 0 Å². The highest BCUT2D eigenvalue weighted by molar-refractivity contribution is 4.74. The van der Waals surface area contributed by atoms with Gasteiger partial charge in [0.2, 0.25) is 0 Å². The SMILES string of the molecule is O[C@@H]1CCC[C@H]1F. The van der Waals surface area contributed by atoms with Crippen molar-refractivity contribution in [2.24, 2.45) is 0 Å². The molecule has 0 spiro atoms. The van der Waals surface area contributed by atoms with Crippen molar-refractivity contribution in [1.82, 2.24) is 0 Å². The highest BCUT2D eigenvalue weighted by Crippen LogP contribution is 2.20. The number of halogens is 1. The van der Waals surface area contributed by atoms with Crippen molar-refractivity contribution in [3.63, 3.8) is 0 Å². The molecule has 0 aromatic heterocycles. The molecule has 2 atom stereocenters. The Bertz CT molecular complexity index is 57.1. The molecule has 0 aromatic rings. The zero-order chi connectivity index (χ0) is 5.28. The molecular weight excluding hydrogens is 95.1 g/mol. The van der Waals surface area contributed by atoms with E-state index in [1.165, 1.54) is 0 Å². The van der Waals surface area contributed by atoms with Gasteiger partial charge in [0.15, 0.2) is 0 Å². The Morgan fingerprint density at radius 3 is 2.29 bits per heavy atom. The molecule has 0 aromatic carbocycles. The zero-order valence-corrected chi connectivity index (χ0v) is 4.10. The first kappa shape index (κ1) is 5.04. The third-order valence-electron chi connectivity index (χ3n) is 1.40. The maximum absolute atomic E-state index is 12.1. The second-order valence-corrected chi connectivity index (χ2v) is 2.01. The van der Waals surface area contributed by atoms with Crippen molar-refractivity contribution in [1.29, 1.82) is 0 Å². The first-order chi connectivity index (χ1) is 3.30. The van der Waals surface area contributed by atoms with Crippen molar-refractivity contribution in [2.45, 2.75) is 31.5 Å². The standard InChI is InChI=1S/C5H9FO/c6-4-2-1-3-5(4)7/h4-5,7H,1-3H2/t4-,5-/m1/s1. The first-order valence-corrected chi connectivity index (χ1v) is 2.63. The lowest BCUT2D eigenvalue weighted by Gasteiger charge is -2.00. The zero-order valence-electron chi connectivity index (χ0n) is 4.10. The van der Waals surface area contributed by atoms with Crippen molar-refractivity contribution >= 4 is 0 Å². The van der Waals surface area contributed by atoms with E-state index >= 15 is 0 Å². The molecule has 0 unspecified atom stereocenters. The minimum Gasteiger partial charge on any atom is -0.390 e. The Kier molecular flexibility index (Phi) is 1.28. The number of hydrogen-bond acceptors (Lipinski definition) is 1. The molecule has 0 aliphatic heterocycles. The molecule has 2 heteroatoms. The van der Waals surface area contributed by atoms with Gasteiger partial charge in [-0.05, 0) is 19.3 Å². The van der Waals surface area contributed by atoms with Crippen LogP contribution < -0.4 is 0 Å². The largest absolute Gasteiger partial charge is 0.390 e. The third kappa shape index (κ3) is 0.911. The monoisotopic (exact) mass is 104 g/mol. The van der Waals surface area contributed by atoms with Gasteiger partial charge in [0.25, 0.3) is 0 Å². The Balaban J connectivity index is 2.33. The van der Waals surface area contributed by atoms with E-state index < -0.39 is 12.3 Å². The van der Waals surface area contributed by atoms with Crippen LogP contribution in [0, 0.1) is 0 Å². The Morgan fingerprint density at radius 1 is 1.43 bits per heavy atom. The van der Waals surface area contributed by atoms with Crippen LogP contribution in [0.15, 0.2) is 0 Å². The lowest BCUT2D eigenvalue weighted by molar-refractivity contribution is 0.103. The summed E-state index contributed by atoms with van der Waals surface area (Å²) in [5.41, 5.74) is 0. The Labute approximate surface area is 42.2 Å². The molecule has 1 nitrogen and oxygen atoms in total. The number of alkyl halides is 1. The average Bonchev–Trinajstić information content (AvgIpc) is 1.91. The third-order valence-corrected chi connectivity index (χ3v) is 1.40. The fourth-order valence-corrected chi connectivity index (χ4v) is 0.895. The molecule has 0 bridgehead atoms. The molecule has 1 aliphatic carbocycles. The maximum atomic E-state index is 12.1. The number of rotatable bonds is 0. The molecule has 1 N–H and O–H groups in total. The van der Waals surface area contributed by atoms with Gasteiger partial charge < -0.3 is 5.11 Å². The van der Waals surface area contributed by atoms with E-state index in [9.17, 15) is 4.39 Å². The normalized spacial score (nSPS) is 42.0. The van der Waals surface area contributed by atoms with E-state index in [0.717, 1.165) is 6.42 Å². The van der Waals surface area contributed by atoms with E-state index in [-0.39, 0.29) is 0 Å². The minimum absolute atomic E-state index is 0.557. The van der Waals surface area contributed by atoms with Crippen LogP contribution in [-0.2, 0) is 0 Å².